The third-order valence-electron chi connectivity index (χ3n) is 3.31. The summed E-state index contributed by atoms with van der Waals surface area (Å²) in [6.07, 6.45) is 4.91. The van der Waals surface area contributed by atoms with E-state index >= 15 is 0 Å². The Bertz CT molecular complexity index is 279. The number of ether oxygens (including phenoxy) is 1. The monoisotopic (exact) mass is 257 g/mol. The maximum Gasteiger partial charge on any atom is 0.293 e. The first-order valence-corrected chi connectivity index (χ1v) is 6.09. The van der Waals surface area contributed by atoms with E-state index < -0.39 is 0 Å². The van der Waals surface area contributed by atoms with Crippen molar-refractivity contribution < 1.29 is 14.3 Å². The van der Waals surface area contributed by atoms with E-state index in [2.05, 4.69) is 9.64 Å². The maximum atomic E-state index is 10.5. The van der Waals surface area contributed by atoms with Gasteiger partial charge in [0.05, 0.1) is 6.04 Å². The Morgan fingerprint density at radius 2 is 1.83 bits per heavy atom. The molecule has 0 radical (unpaired) electrons. The summed E-state index contributed by atoms with van der Waals surface area (Å²) in [7, 11) is 2.05. The Labute approximate surface area is 111 Å². The molecule has 1 aliphatic heterocycles. The molecule has 0 amide bonds. The molecule has 1 spiro atoms. The van der Waals surface area contributed by atoms with E-state index in [4.69, 9.17) is 0 Å². The van der Waals surface area contributed by atoms with Crippen LogP contribution in [0.4, 0.5) is 0 Å². The lowest BCUT2D eigenvalue weighted by molar-refractivity contribution is -0.138. The van der Waals surface area contributed by atoms with Gasteiger partial charge in [-0.15, -0.1) is 0 Å². The molecule has 2 rings (SSSR count). The number of aldehydes is 1. The van der Waals surface area contributed by atoms with Crippen molar-refractivity contribution in [1.29, 1.82) is 0 Å². The normalized spacial score (nSPS) is 24.6. The van der Waals surface area contributed by atoms with Gasteiger partial charge in [0.15, 0.2) is 0 Å². The second-order valence-corrected chi connectivity index (χ2v) is 6.15. The van der Waals surface area contributed by atoms with Crippen LogP contribution in [0.1, 0.15) is 47.5 Å². The molecule has 1 unspecified atom stereocenters. The van der Waals surface area contributed by atoms with Crippen LogP contribution in [-0.4, -0.2) is 42.9 Å². The highest BCUT2D eigenvalue weighted by Crippen LogP contribution is 2.53. The van der Waals surface area contributed by atoms with Crippen LogP contribution in [0.2, 0.25) is 0 Å². The van der Waals surface area contributed by atoms with Gasteiger partial charge in [-0.05, 0) is 52.5 Å². The van der Waals surface area contributed by atoms with Crippen LogP contribution in [0.25, 0.3) is 0 Å². The van der Waals surface area contributed by atoms with Crippen molar-refractivity contribution in [1.82, 2.24) is 4.90 Å². The van der Waals surface area contributed by atoms with Gasteiger partial charge in [-0.1, -0.05) is 7.43 Å². The summed E-state index contributed by atoms with van der Waals surface area (Å²) < 4.78 is 4.55. The molecule has 18 heavy (non-hydrogen) atoms. The zero-order valence-electron chi connectivity index (χ0n) is 11.2. The number of carbonyl (C=O) groups is 2. The molecule has 0 N–H and O–H groups in total. The summed E-state index contributed by atoms with van der Waals surface area (Å²) in [5, 5.41) is 0. The van der Waals surface area contributed by atoms with E-state index in [0.29, 0.717) is 11.9 Å². The van der Waals surface area contributed by atoms with E-state index in [1.165, 1.54) is 12.8 Å². The second-order valence-electron chi connectivity index (χ2n) is 6.15. The topological polar surface area (TPSA) is 46.6 Å². The number of likely N-dealkylation sites (N-methyl/N-ethyl adjacent to an activating group) is 1. The molecule has 0 aromatic rings. The Hall–Kier alpha value is -0.900. The fourth-order valence-electron chi connectivity index (χ4n) is 2.15. The zero-order valence-corrected chi connectivity index (χ0v) is 11.2. The minimum absolute atomic E-state index is 0. The number of hydrogen-bond acceptors (Lipinski definition) is 4. The molecular weight excluding hydrogens is 230 g/mol. The summed E-state index contributed by atoms with van der Waals surface area (Å²) in [5.41, 5.74) is 0.266. The number of carbonyl (C=O) groups excluding carboxylic acids is 2. The molecule has 0 bridgehead atoms. The average molecular weight is 257 g/mol. The lowest BCUT2D eigenvalue weighted by atomic mass is 10.0. The van der Waals surface area contributed by atoms with Gasteiger partial charge >= 0.3 is 0 Å². The van der Waals surface area contributed by atoms with Crippen molar-refractivity contribution in [3.05, 3.63) is 0 Å². The number of hydrogen-bond donors (Lipinski definition) is 0. The Kier molecular flexibility index (Phi) is 6.00. The van der Waals surface area contributed by atoms with Crippen LogP contribution in [0.15, 0.2) is 0 Å². The predicted octanol–water partition coefficient (Wildman–Crippen LogP) is 2.26. The van der Waals surface area contributed by atoms with Crippen LogP contribution in [0, 0.1) is 5.41 Å². The number of likely N-dealkylation sites (tertiary alicyclic amines) is 1. The largest absolute Gasteiger partial charge is 0.462 e. The Morgan fingerprint density at radius 3 is 2.00 bits per heavy atom. The minimum atomic E-state index is -0.318. The molecule has 1 aliphatic carbocycles. The molecular formula is C14H27NO3. The van der Waals surface area contributed by atoms with Crippen LogP contribution >= 0.6 is 0 Å². The summed E-state index contributed by atoms with van der Waals surface area (Å²) >= 11 is 0. The standard InChI is InChI=1S/C8H13NO.C5H10O2.CH4/c1-9-6-8(2-3-8)4-7(9)5-10;1-5(2,3)7-4-6;/h5,7H,2-4,6H2,1H3;4H,1-3H3;1H4. The van der Waals surface area contributed by atoms with Gasteiger partial charge in [-0.25, -0.2) is 0 Å². The quantitative estimate of drug-likeness (QED) is 0.712. The van der Waals surface area contributed by atoms with Crippen LogP contribution < -0.4 is 0 Å². The SMILES string of the molecule is C.CC(C)(C)OC=O.CN1CC2(CC2)CC1C=O. The fourth-order valence-corrected chi connectivity index (χ4v) is 2.15. The lowest BCUT2D eigenvalue weighted by Gasteiger charge is -2.14. The Morgan fingerprint density at radius 1 is 1.28 bits per heavy atom. The van der Waals surface area contributed by atoms with E-state index in [9.17, 15) is 9.59 Å². The van der Waals surface area contributed by atoms with Crippen molar-refractivity contribution in [2.45, 2.75) is 59.1 Å². The maximum absolute atomic E-state index is 10.5. The molecule has 4 heteroatoms. The molecule has 2 fully saturated rings. The smallest absolute Gasteiger partial charge is 0.293 e. The molecule has 2 aliphatic rings. The highest BCUT2D eigenvalue weighted by atomic mass is 16.5. The van der Waals surface area contributed by atoms with Gasteiger partial charge in [0.1, 0.15) is 11.9 Å². The summed E-state index contributed by atoms with van der Waals surface area (Å²) in [5.74, 6) is 0. The van der Waals surface area contributed by atoms with Gasteiger partial charge < -0.3 is 9.53 Å². The number of rotatable bonds is 2. The first-order valence-electron chi connectivity index (χ1n) is 6.09. The van der Waals surface area contributed by atoms with Gasteiger partial charge in [0.2, 0.25) is 0 Å². The first-order chi connectivity index (χ1) is 7.82. The second kappa shape index (κ2) is 6.32. The average Bonchev–Trinajstić information content (AvgIpc) is 2.84. The van der Waals surface area contributed by atoms with Crippen LogP contribution in [0.3, 0.4) is 0 Å². The predicted molar refractivity (Wildman–Crippen MR) is 72.4 cm³/mol. The summed E-state index contributed by atoms with van der Waals surface area (Å²) in [6.45, 7) is 7.07. The lowest BCUT2D eigenvalue weighted by Crippen LogP contribution is -2.25. The fraction of sp³-hybridized carbons (Fsp3) is 0.857. The summed E-state index contributed by atoms with van der Waals surface area (Å²) in [6, 6.07) is 0.225. The van der Waals surface area contributed by atoms with Crippen LogP contribution in [-0.2, 0) is 14.3 Å². The van der Waals surface area contributed by atoms with E-state index in [1.807, 2.05) is 27.8 Å². The van der Waals surface area contributed by atoms with Gasteiger partial charge in [-0.2, -0.15) is 0 Å². The third-order valence-corrected chi connectivity index (χ3v) is 3.31. The molecule has 1 saturated carbocycles. The highest BCUT2D eigenvalue weighted by Gasteiger charge is 2.50. The molecule has 106 valence electrons. The molecule has 4 nitrogen and oxygen atoms in total. The molecule has 0 aromatic carbocycles. The van der Waals surface area contributed by atoms with E-state index in [1.54, 1.807) is 0 Å². The van der Waals surface area contributed by atoms with Crippen molar-refractivity contribution in [3.63, 3.8) is 0 Å². The van der Waals surface area contributed by atoms with Gasteiger partial charge in [0, 0.05) is 6.54 Å². The van der Waals surface area contributed by atoms with E-state index in [-0.39, 0.29) is 19.1 Å². The van der Waals surface area contributed by atoms with Crippen molar-refractivity contribution in [2.75, 3.05) is 13.6 Å². The molecule has 1 atom stereocenters. The first kappa shape index (κ1) is 17.1. The van der Waals surface area contributed by atoms with Crippen molar-refractivity contribution in [2.24, 2.45) is 5.41 Å². The molecule has 1 heterocycles. The number of nitrogens with zero attached hydrogens (tertiary/aromatic N) is 1. The minimum Gasteiger partial charge on any atom is -0.462 e. The van der Waals surface area contributed by atoms with E-state index in [0.717, 1.165) is 19.3 Å². The zero-order chi connectivity index (χ0) is 13.1. The molecule has 0 aromatic heterocycles. The highest BCUT2D eigenvalue weighted by molar-refractivity contribution is 5.58. The molecule has 1 saturated heterocycles. The van der Waals surface area contributed by atoms with Gasteiger partial charge in [0.25, 0.3) is 6.47 Å². The Balaban J connectivity index is 0.000000326. The van der Waals surface area contributed by atoms with Gasteiger partial charge in [-0.3, -0.25) is 9.69 Å². The summed E-state index contributed by atoms with van der Waals surface area (Å²) in [4.78, 5) is 22.3. The third kappa shape index (κ3) is 5.17. The van der Waals surface area contributed by atoms with Crippen molar-refractivity contribution in [3.8, 4) is 0 Å². The van der Waals surface area contributed by atoms with Crippen LogP contribution in [0.5, 0.6) is 0 Å². The van der Waals surface area contributed by atoms with Crippen molar-refractivity contribution >= 4 is 12.8 Å².